The second kappa shape index (κ2) is 5.53. The third-order valence-electron chi connectivity index (χ3n) is 2.26. The first-order valence-electron chi connectivity index (χ1n) is 4.97. The summed E-state index contributed by atoms with van der Waals surface area (Å²) in [5.41, 5.74) is 0. The highest BCUT2D eigenvalue weighted by Gasteiger charge is 2.05. The molecule has 0 unspecified atom stereocenters. The molecule has 0 radical (unpaired) electrons. The van der Waals surface area contributed by atoms with Crippen molar-refractivity contribution in [2.45, 2.75) is 27.7 Å². The lowest BCUT2D eigenvalue weighted by atomic mass is 10.4. The average molecular weight is 214 g/mol. The maximum absolute atomic E-state index is 5.14. The Balaban J connectivity index is 0.000000151. The fourth-order valence-corrected chi connectivity index (χ4v) is 1.00. The Labute approximate surface area is 90.5 Å². The zero-order valence-corrected chi connectivity index (χ0v) is 9.75. The molecule has 0 saturated carbocycles. The Bertz CT molecular complexity index is 252. The van der Waals surface area contributed by atoms with E-state index in [0.29, 0.717) is 20.0 Å². The van der Waals surface area contributed by atoms with Crippen LogP contribution in [-0.2, 0) is 18.9 Å². The van der Waals surface area contributed by atoms with Gasteiger partial charge in [0, 0.05) is 0 Å². The van der Waals surface area contributed by atoms with Crippen LogP contribution in [0.2, 0.25) is 0 Å². The van der Waals surface area contributed by atoms with Gasteiger partial charge in [0.2, 0.25) is 6.79 Å². The number of ether oxygens (including phenoxy) is 4. The van der Waals surface area contributed by atoms with Crippen LogP contribution in [0.15, 0.2) is 23.0 Å². The van der Waals surface area contributed by atoms with Crippen molar-refractivity contribution >= 4 is 0 Å². The smallest absolute Gasteiger partial charge is 0.230 e. The van der Waals surface area contributed by atoms with E-state index in [2.05, 4.69) is 0 Å². The molecule has 0 fully saturated rings. The monoisotopic (exact) mass is 214 g/mol. The number of hydrogen-bond donors (Lipinski definition) is 0. The topological polar surface area (TPSA) is 36.9 Å². The molecular formula is C11H18O4. The molecule has 2 aliphatic rings. The molecule has 86 valence electrons. The normalized spacial score (nSPS) is 19.5. The highest BCUT2D eigenvalue weighted by Crippen LogP contribution is 2.13. The molecule has 0 bridgehead atoms. The van der Waals surface area contributed by atoms with Crippen molar-refractivity contribution < 1.29 is 18.9 Å². The summed E-state index contributed by atoms with van der Waals surface area (Å²) in [6.07, 6.45) is 0. The van der Waals surface area contributed by atoms with E-state index in [1.165, 1.54) is 0 Å². The summed E-state index contributed by atoms with van der Waals surface area (Å²) in [5, 5.41) is 0. The van der Waals surface area contributed by atoms with E-state index < -0.39 is 0 Å². The van der Waals surface area contributed by atoms with Gasteiger partial charge in [-0.05, 0) is 27.7 Å². The largest absolute Gasteiger partial charge is 0.491 e. The molecule has 4 heteroatoms. The van der Waals surface area contributed by atoms with E-state index in [9.17, 15) is 0 Å². The maximum atomic E-state index is 5.14. The summed E-state index contributed by atoms with van der Waals surface area (Å²) in [6, 6.07) is 0. The molecule has 0 spiro atoms. The number of hydrogen-bond acceptors (Lipinski definition) is 4. The van der Waals surface area contributed by atoms with E-state index in [1.807, 2.05) is 27.7 Å². The molecule has 0 N–H and O–H groups in total. The Hall–Kier alpha value is -1.32. The second-order valence-corrected chi connectivity index (χ2v) is 3.33. The van der Waals surface area contributed by atoms with Crippen LogP contribution < -0.4 is 0 Å². The van der Waals surface area contributed by atoms with Crippen LogP contribution in [0.1, 0.15) is 27.7 Å². The van der Waals surface area contributed by atoms with Crippen LogP contribution in [0, 0.1) is 0 Å². The fourth-order valence-electron chi connectivity index (χ4n) is 1.00. The molecule has 2 heterocycles. The van der Waals surface area contributed by atoms with Gasteiger partial charge in [-0.1, -0.05) is 0 Å². The molecule has 15 heavy (non-hydrogen) atoms. The van der Waals surface area contributed by atoms with Crippen LogP contribution in [0.25, 0.3) is 0 Å². The fraction of sp³-hybridized carbons (Fsp3) is 0.636. The van der Waals surface area contributed by atoms with Gasteiger partial charge >= 0.3 is 0 Å². The van der Waals surface area contributed by atoms with Crippen LogP contribution in [0.5, 0.6) is 0 Å². The van der Waals surface area contributed by atoms with Crippen LogP contribution >= 0.6 is 0 Å². The van der Waals surface area contributed by atoms with Crippen molar-refractivity contribution in [2.24, 2.45) is 0 Å². The van der Waals surface area contributed by atoms with E-state index in [-0.39, 0.29) is 0 Å². The Kier molecular flexibility index (Phi) is 4.34. The quantitative estimate of drug-likeness (QED) is 0.621. The molecule has 0 amide bonds. The predicted octanol–water partition coefficient (Wildman–Crippen LogP) is 2.53. The van der Waals surface area contributed by atoms with Gasteiger partial charge in [0.1, 0.15) is 36.3 Å². The van der Waals surface area contributed by atoms with Crippen LogP contribution in [0.4, 0.5) is 0 Å². The van der Waals surface area contributed by atoms with Gasteiger partial charge in [-0.2, -0.15) is 0 Å². The molecule has 0 saturated heterocycles. The standard InChI is InChI=1S/C6H10O2.C5H8O2/c1-5-6(2)8-4-3-7-5;1-4-5(2)7-3-6-4/h3-4H2,1-2H3;3H2,1-2H3. The van der Waals surface area contributed by atoms with Crippen LogP contribution in [0.3, 0.4) is 0 Å². The lowest BCUT2D eigenvalue weighted by molar-refractivity contribution is 0.0648. The first kappa shape index (κ1) is 11.8. The second-order valence-electron chi connectivity index (χ2n) is 3.33. The third-order valence-corrected chi connectivity index (χ3v) is 2.26. The molecule has 0 aromatic heterocycles. The maximum Gasteiger partial charge on any atom is 0.230 e. The molecule has 2 rings (SSSR count). The Morgan fingerprint density at radius 1 is 0.600 bits per heavy atom. The molecule has 0 aromatic rings. The van der Waals surface area contributed by atoms with Gasteiger partial charge < -0.3 is 18.9 Å². The zero-order chi connectivity index (χ0) is 11.3. The van der Waals surface area contributed by atoms with E-state index >= 15 is 0 Å². The summed E-state index contributed by atoms with van der Waals surface area (Å²) in [5.74, 6) is 3.63. The van der Waals surface area contributed by atoms with E-state index in [4.69, 9.17) is 18.9 Å². The summed E-state index contributed by atoms with van der Waals surface area (Å²) in [4.78, 5) is 0. The van der Waals surface area contributed by atoms with Gasteiger partial charge in [0.15, 0.2) is 0 Å². The SMILES string of the molecule is CC1=C(C)OCCO1.CC1=C(C)OCO1. The summed E-state index contributed by atoms with van der Waals surface area (Å²) >= 11 is 0. The van der Waals surface area contributed by atoms with Crippen LogP contribution in [-0.4, -0.2) is 20.0 Å². The molecule has 0 atom stereocenters. The van der Waals surface area contributed by atoms with E-state index in [0.717, 1.165) is 23.0 Å². The lowest BCUT2D eigenvalue weighted by Crippen LogP contribution is -2.10. The average Bonchev–Trinajstić information content (AvgIpc) is 2.57. The minimum atomic E-state index is 0.400. The number of rotatable bonds is 0. The van der Waals surface area contributed by atoms with Crippen molar-refractivity contribution in [3.8, 4) is 0 Å². The van der Waals surface area contributed by atoms with Crippen molar-refractivity contribution in [2.75, 3.05) is 20.0 Å². The first-order chi connectivity index (χ1) is 7.11. The molecule has 4 nitrogen and oxygen atoms in total. The summed E-state index contributed by atoms with van der Waals surface area (Å²) < 4.78 is 20.1. The molecule has 0 aliphatic carbocycles. The molecule has 0 aromatic carbocycles. The van der Waals surface area contributed by atoms with Gasteiger partial charge in [-0.25, -0.2) is 0 Å². The summed E-state index contributed by atoms with van der Waals surface area (Å²) in [7, 11) is 0. The summed E-state index contributed by atoms with van der Waals surface area (Å²) in [6.45, 7) is 9.40. The van der Waals surface area contributed by atoms with Gasteiger partial charge in [-0.3, -0.25) is 0 Å². The predicted molar refractivity (Wildman–Crippen MR) is 55.7 cm³/mol. The highest BCUT2D eigenvalue weighted by atomic mass is 16.7. The minimum absolute atomic E-state index is 0.400. The van der Waals surface area contributed by atoms with Crippen molar-refractivity contribution in [3.63, 3.8) is 0 Å². The minimum Gasteiger partial charge on any atom is -0.491 e. The van der Waals surface area contributed by atoms with Crippen molar-refractivity contribution in [1.29, 1.82) is 0 Å². The van der Waals surface area contributed by atoms with E-state index in [1.54, 1.807) is 0 Å². The highest BCUT2D eigenvalue weighted by molar-refractivity contribution is 4.97. The van der Waals surface area contributed by atoms with Crippen molar-refractivity contribution in [1.82, 2.24) is 0 Å². The third kappa shape index (κ3) is 3.73. The molecular weight excluding hydrogens is 196 g/mol. The van der Waals surface area contributed by atoms with Crippen molar-refractivity contribution in [3.05, 3.63) is 23.0 Å². The molecule has 2 aliphatic heterocycles. The Morgan fingerprint density at radius 3 is 1.13 bits per heavy atom. The van der Waals surface area contributed by atoms with Gasteiger partial charge in [0.05, 0.1) is 0 Å². The van der Waals surface area contributed by atoms with Gasteiger partial charge in [-0.15, -0.1) is 0 Å². The first-order valence-corrected chi connectivity index (χ1v) is 4.97. The lowest BCUT2D eigenvalue weighted by Gasteiger charge is -2.16. The van der Waals surface area contributed by atoms with Gasteiger partial charge in [0.25, 0.3) is 0 Å². The Morgan fingerprint density at radius 2 is 0.933 bits per heavy atom. The number of allylic oxidation sites excluding steroid dienone is 4. The zero-order valence-electron chi connectivity index (χ0n) is 9.75.